The van der Waals surface area contributed by atoms with Crippen LogP contribution in [-0.2, 0) is 14.3 Å². The molecule has 1 rings (SSSR count). The lowest BCUT2D eigenvalue weighted by Gasteiger charge is -2.20. The van der Waals surface area contributed by atoms with E-state index in [1.807, 2.05) is 32.1 Å². The van der Waals surface area contributed by atoms with Crippen molar-refractivity contribution in [2.24, 2.45) is 11.8 Å². The molecule has 1 aliphatic heterocycles. The fourth-order valence-electron chi connectivity index (χ4n) is 2.18. The van der Waals surface area contributed by atoms with Crippen molar-refractivity contribution >= 4 is 5.97 Å². The van der Waals surface area contributed by atoms with Crippen molar-refractivity contribution < 1.29 is 19.4 Å². The number of carboxylic acids is 1. The van der Waals surface area contributed by atoms with E-state index in [0.29, 0.717) is 6.61 Å². The zero-order valence-corrected chi connectivity index (χ0v) is 12.5. The molecule has 20 heavy (non-hydrogen) atoms. The first-order chi connectivity index (χ1) is 9.69. The Morgan fingerprint density at radius 1 is 1.35 bits per heavy atom. The molecule has 1 aliphatic rings. The van der Waals surface area contributed by atoms with Crippen molar-refractivity contribution in [2.75, 3.05) is 13.2 Å². The minimum absolute atomic E-state index is 0.153. The van der Waals surface area contributed by atoms with Crippen LogP contribution in [0.15, 0.2) is 24.3 Å². The summed E-state index contributed by atoms with van der Waals surface area (Å²) in [7, 11) is 0. The molecule has 3 unspecified atom stereocenters. The molecule has 0 spiro atoms. The van der Waals surface area contributed by atoms with Gasteiger partial charge in [0, 0.05) is 18.9 Å². The molecule has 1 fully saturated rings. The summed E-state index contributed by atoms with van der Waals surface area (Å²) in [5.74, 6) is -1.50. The zero-order valence-electron chi connectivity index (χ0n) is 12.5. The van der Waals surface area contributed by atoms with E-state index in [-0.39, 0.29) is 12.2 Å². The molecule has 0 aromatic rings. The summed E-state index contributed by atoms with van der Waals surface area (Å²) in [6.45, 7) is 5.14. The van der Waals surface area contributed by atoms with E-state index in [1.165, 1.54) is 0 Å². The Morgan fingerprint density at radius 2 is 2.05 bits per heavy atom. The van der Waals surface area contributed by atoms with E-state index < -0.39 is 11.9 Å². The van der Waals surface area contributed by atoms with E-state index in [1.54, 1.807) is 6.08 Å². The molecule has 0 amide bonds. The van der Waals surface area contributed by atoms with Crippen LogP contribution in [0.2, 0.25) is 0 Å². The Bertz CT molecular complexity index is 329. The Morgan fingerprint density at radius 3 is 2.60 bits per heavy atom. The highest BCUT2D eigenvalue weighted by atomic mass is 16.7. The Balaban J connectivity index is 2.65. The van der Waals surface area contributed by atoms with Crippen LogP contribution in [0.1, 0.15) is 39.5 Å². The molecule has 4 heteroatoms. The maximum Gasteiger partial charge on any atom is 0.311 e. The molecule has 0 aromatic heterocycles. The summed E-state index contributed by atoms with van der Waals surface area (Å²) < 4.78 is 11.1. The monoisotopic (exact) mass is 282 g/mol. The maximum absolute atomic E-state index is 11.4. The third-order valence-electron chi connectivity index (χ3n) is 3.31. The van der Waals surface area contributed by atoms with Gasteiger partial charge in [0.25, 0.3) is 0 Å². The standard InChI is InChI=1S/C16H26O4/c1-3-5-8-13(12-20-15-10-7-11-19-15)14(16(17)18)9-6-4-2/h5-6,8-9,13-15H,3-4,7,10-12H2,1-2H3,(H,17,18)/b8-5+,9-6+. The van der Waals surface area contributed by atoms with Crippen molar-refractivity contribution in [3.05, 3.63) is 24.3 Å². The first-order valence-electron chi connectivity index (χ1n) is 7.48. The minimum atomic E-state index is -0.809. The molecule has 1 heterocycles. The summed E-state index contributed by atoms with van der Waals surface area (Å²) in [6, 6.07) is 0. The quantitative estimate of drug-likeness (QED) is 0.659. The molecule has 114 valence electrons. The van der Waals surface area contributed by atoms with Gasteiger partial charge in [-0.25, -0.2) is 0 Å². The number of hydrogen-bond donors (Lipinski definition) is 1. The smallest absolute Gasteiger partial charge is 0.311 e. The lowest BCUT2D eigenvalue weighted by Crippen LogP contribution is -2.26. The van der Waals surface area contributed by atoms with Crippen LogP contribution in [0.4, 0.5) is 0 Å². The van der Waals surface area contributed by atoms with E-state index in [4.69, 9.17) is 9.47 Å². The molecule has 0 saturated carbocycles. The number of allylic oxidation sites excluding steroid dienone is 2. The zero-order chi connectivity index (χ0) is 14.8. The van der Waals surface area contributed by atoms with Gasteiger partial charge < -0.3 is 14.6 Å². The normalized spacial score (nSPS) is 22.6. The number of ether oxygens (including phenoxy) is 2. The summed E-state index contributed by atoms with van der Waals surface area (Å²) >= 11 is 0. The maximum atomic E-state index is 11.4. The third-order valence-corrected chi connectivity index (χ3v) is 3.31. The van der Waals surface area contributed by atoms with Gasteiger partial charge >= 0.3 is 5.97 Å². The van der Waals surface area contributed by atoms with Gasteiger partial charge in [0.05, 0.1) is 12.5 Å². The SMILES string of the molecule is CC/C=C/C(COC1CCCO1)C(/C=C/CC)C(=O)O. The van der Waals surface area contributed by atoms with Crippen molar-refractivity contribution in [1.29, 1.82) is 0 Å². The van der Waals surface area contributed by atoms with Gasteiger partial charge in [0.2, 0.25) is 0 Å². The highest BCUT2D eigenvalue weighted by Gasteiger charge is 2.26. The van der Waals surface area contributed by atoms with Crippen LogP contribution in [0.5, 0.6) is 0 Å². The summed E-state index contributed by atoms with van der Waals surface area (Å²) in [5, 5.41) is 9.39. The van der Waals surface area contributed by atoms with Crippen LogP contribution in [0.3, 0.4) is 0 Å². The van der Waals surface area contributed by atoms with Gasteiger partial charge in [0.15, 0.2) is 6.29 Å². The summed E-state index contributed by atoms with van der Waals surface area (Å²) in [4.78, 5) is 11.4. The van der Waals surface area contributed by atoms with Gasteiger partial charge in [-0.15, -0.1) is 0 Å². The van der Waals surface area contributed by atoms with E-state index in [9.17, 15) is 9.90 Å². The molecule has 0 aliphatic carbocycles. The summed E-state index contributed by atoms with van der Waals surface area (Å²) in [5.41, 5.74) is 0. The van der Waals surface area contributed by atoms with Gasteiger partial charge in [-0.1, -0.05) is 38.2 Å². The average Bonchev–Trinajstić information content (AvgIpc) is 2.94. The first kappa shape index (κ1) is 16.9. The molecular formula is C16H26O4. The van der Waals surface area contributed by atoms with Crippen molar-refractivity contribution in [1.82, 2.24) is 0 Å². The molecule has 3 atom stereocenters. The van der Waals surface area contributed by atoms with Crippen LogP contribution in [-0.4, -0.2) is 30.6 Å². The van der Waals surface area contributed by atoms with E-state index >= 15 is 0 Å². The molecule has 0 aromatic carbocycles. The predicted octanol–water partition coefficient (Wildman–Crippen LogP) is 3.39. The van der Waals surface area contributed by atoms with Gasteiger partial charge in [0.1, 0.15) is 0 Å². The van der Waals surface area contributed by atoms with E-state index in [0.717, 1.165) is 32.3 Å². The number of rotatable bonds is 9. The fraction of sp³-hybridized carbons (Fsp3) is 0.688. The van der Waals surface area contributed by atoms with Gasteiger partial charge in [-0.05, 0) is 19.3 Å². The van der Waals surface area contributed by atoms with Crippen LogP contribution >= 0.6 is 0 Å². The molecule has 0 radical (unpaired) electrons. The second kappa shape index (κ2) is 9.72. The first-order valence-corrected chi connectivity index (χ1v) is 7.48. The van der Waals surface area contributed by atoms with E-state index in [2.05, 4.69) is 0 Å². The second-order valence-corrected chi connectivity index (χ2v) is 4.98. The Kier molecular flexibility index (Phi) is 8.23. The van der Waals surface area contributed by atoms with Gasteiger partial charge in [-0.2, -0.15) is 0 Å². The number of hydrogen-bond acceptors (Lipinski definition) is 3. The van der Waals surface area contributed by atoms with Gasteiger partial charge in [-0.3, -0.25) is 4.79 Å². The molecule has 4 nitrogen and oxygen atoms in total. The average molecular weight is 282 g/mol. The van der Waals surface area contributed by atoms with Crippen LogP contribution < -0.4 is 0 Å². The molecular weight excluding hydrogens is 256 g/mol. The molecule has 1 N–H and O–H groups in total. The summed E-state index contributed by atoms with van der Waals surface area (Å²) in [6.07, 6.45) is 11.1. The van der Waals surface area contributed by atoms with Crippen LogP contribution in [0.25, 0.3) is 0 Å². The Labute approximate surface area is 121 Å². The van der Waals surface area contributed by atoms with Crippen molar-refractivity contribution in [2.45, 2.75) is 45.8 Å². The minimum Gasteiger partial charge on any atom is -0.481 e. The highest BCUT2D eigenvalue weighted by molar-refractivity contribution is 5.72. The highest BCUT2D eigenvalue weighted by Crippen LogP contribution is 2.21. The third kappa shape index (κ3) is 5.88. The second-order valence-electron chi connectivity index (χ2n) is 4.98. The number of aliphatic carboxylic acids is 1. The molecule has 0 bridgehead atoms. The number of carboxylic acid groups (broad SMARTS) is 1. The van der Waals surface area contributed by atoms with Crippen molar-refractivity contribution in [3.63, 3.8) is 0 Å². The predicted molar refractivity (Wildman–Crippen MR) is 78.4 cm³/mol. The van der Waals surface area contributed by atoms with Crippen molar-refractivity contribution in [3.8, 4) is 0 Å². The van der Waals surface area contributed by atoms with Crippen LogP contribution in [0, 0.1) is 11.8 Å². The molecule has 1 saturated heterocycles. The largest absolute Gasteiger partial charge is 0.481 e. The topological polar surface area (TPSA) is 55.8 Å². The fourth-order valence-corrected chi connectivity index (χ4v) is 2.18. The number of carbonyl (C=O) groups is 1. The lowest BCUT2D eigenvalue weighted by molar-refractivity contribution is -0.145. The Hall–Kier alpha value is -1.13. The lowest BCUT2D eigenvalue weighted by atomic mass is 9.91.